The molecule has 2 aliphatic rings. The van der Waals surface area contributed by atoms with Crippen LogP contribution in [0, 0.1) is 5.92 Å². The van der Waals surface area contributed by atoms with Gasteiger partial charge in [-0.2, -0.15) is 0 Å². The molecule has 0 spiro atoms. The number of piperidine rings is 1. The number of likely N-dealkylation sites (N-methyl/N-ethyl adjacent to an activating group) is 1. The minimum absolute atomic E-state index is 0.245. The summed E-state index contributed by atoms with van der Waals surface area (Å²) in [6.07, 6.45) is 3.26. The number of aromatic nitrogens is 1. The fourth-order valence-electron chi connectivity index (χ4n) is 4.22. The van der Waals surface area contributed by atoms with Crippen LogP contribution < -0.4 is 0 Å². The molecular weight excluding hydrogens is 334 g/mol. The van der Waals surface area contributed by atoms with Gasteiger partial charge < -0.3 is 14.4 Å². The van der Waals surface area contributed by atoms with E-state index in [1.54, 1.807) is 0 Å². The number of likely N-dealkylation sites (tertiary alicyclic amines) is 1. The van der Waals surface area contributed by atoms with Gasteiger partial charge in [0.2, 0.25) is 5.91 Å². The average molecular weight is 360 g/mol. The first-order valence-electron chi connectivity index (χ1n) is 9.28. The van der Waals surface area contributed by atoms with E-state index < -0.39 is 0 Å². The maximum Gasteiger partial charge on any atom is 0.242 e. The van der Waals surface area contributed by atoms with E-state index in [4.69, 9.17) is 11.6 Å². The van der Waals surface area contributed by atoms with Crippen LogP contribution in [0.3, 0.4) is 0 Å². The van der Waals surface area contributed by atoms with E-state index >= 15 is 0 Å². The Morgan fingerprint density at radius 2 is 2.00 bits per heavy atom. The predicted octanol–water partition coefficient (Wildman–Crippen LogP) is 3.54. The summed E-state index contributed by atoms with van der Waals surface area (Å²) in [5, 5.41) is 1.98. The minimum Gasteiger partial charge on any atom is -0.341 e. The van der Waals surface area contributed by atoms with E-state index in [-0.39, 0.29) is 5.91 Å². The van der Waals surface area contributed by atoms with Crippen molar-refractivity contribution in [2.24, 2.45) is 5.92 Å². The van der Waals surface area contributed by atoms with E-state index in [0.717, 1.165) is 61.9 Å². The number of hydrogen-bond donors (Lipinski definition) is 0. The Labute approximate surface area is 154 Å². The summed E-state index contributed by atoms with van der Waals surface area (Å²) in [6, 6.07) is 6.06. The molecule has 2 aromatic rings. The molecule has 1 fully saturated rings. The van der Waals surface area contributed by atoms with E-state index in [1.165, 1.54) is 16.6 Å². The zero-order valence-corrected chi connectivity index (χ0v) is 15.9. The molecule has 1 aromatic heterocycles. The third kappa shape index (κ3) is 3.18. The lowest BCUT2D eigenvalue weighted by Crippen LogP contribution is -2.40. The minimum atomic E-state index is 0.245. The third-order valence-electron chi connectivity index (χ3n) is 5.84. The van der Waals surface area contributed by atoms with Crippen LogP contribution >= 0.6 is 11.6 Å². The molecule has 0 N–H and O–H groups in total. The van der Waals surface area contributed by atoms with E-state index in [1.807, 2.05) is 11.0 Å². The van der Waals surface area contributed by atoms with Crippen molar-refractivity contribution in [2.45, 2.75) is 39.3 Å². The number of halogens is 1. The van der Waals surface area contributed by atoms with Crippen molar-refractivity contribution in [3.05, 3.63) is 34.5 Å². The average Bonchev–Trinajstić information content (AvgIpc) is 2.88. The Kier molecular flexibility index (Phi) is 4.50. The second-order valence-corrected chi connectivity index (χ2v) is 8.16. The van der Waals surface area contributed by atoms with Gasteiger partial charge >= 0.3 is 0 Å². The van der Waals surface area contributed by atoms with Crippen molar-refractivity contribution in [2.75, 3.05) is 26.7 Å². The smallest absolute Gasteiger partial charge is 0.242 e. The Bertz CT molecular complexity index is 805. The van der Waals surface area contributed by atoms with Crippen LogP contribution in [-0.4, -0.2) is 47.0 Å². The van der Waals surface area contributed by atoms with E-state index in [2.05, 4.69) is 35.6 Å². The Morgan fingerprint density at radius 1 is 1.24 bits per heavy atom. The second kappa shape index (κ2) is 6.65. The summed E-state index contributed by atoms with van der Waals surface area (Å²) in [4.78, 5) is 17.3. The Balaban J connectivity index is 1.69. The number of rotatable bonds is 2. The van der Waals surface area contributed by atoms with Gasteiger partial charge in [0, 0.05) is 47.8 Å². The first-order valence-corrected chi connectivity index (χ1v) is 9.66. The number of carbonyl (C=O) groups excluding carboxylic acids is 1. The molecule has 5 heteroatoms. The molecule has 1 amide bonds. The van der Waals surface area contributed by atoms with Gasteiger partial charge in [-0.15, -0.1) is 0 Å². The molecule has 2 aliphatic heterocycles. The lowest BCUT2D eigenvalue weighted by Gasteiger charge is -2.31. The highest BCUT2D eigenvalue weighted by atomic mass is 35.5. The molecule has 0 aliphatic carbocycles. The molecule has 4 rings (SSSR count). The van der Waals surface area contributed by atoms with Gasteiger partial charge in [0.15, 0.2) is 0 Å². The van der Waals surface area contributed by atoms with Crippen LogP contribution in [0.15, 0.2) is 18.2 Å². The maximum absolute atomic E-state index is 12.9. The maximum atomic E-state index is 12.9. The lowest BCUT2D eigenvalue weighted by atomic mass is 9.99. The molecule has 4 nitrogen and oxygen atoms in total. The third-order valence-corrected chi connectivity index (χ3v) is 6.08. The van der Waals surface area contributed by atoms with Crippen LogP contribution in [0.2, 0.25) is 5.02 Å². The van der Waals surface area contributed by atoms with Crippen molar-refractivity contribution in [3.63, 3.8) is 0 Å². The standard InChI is InChI=1S/C20H26ClN3O/c1-14-5-9-23(10-6-14)20(25)13-24-18-4-3-15(21)11-17(18)16-7-8-22(2)12-19(16)24/h3-4,11,14H,5-10,12-13H2,1-2H3. The SMILES string of the molecule is CC1CCN(C(=O)Cn2c3c(c4cc(Cl)ccc42)CCN(C)C3)CC1. The first kappa shape index (κ1) is 16.9. The van der Waals surface area contributed by atoms with Gasteiger partial charge in [-0.25, -0.2) is 0 Å². The summed E-state index contributed by atoms with van der Waals surface area (Å²) < 4.78 is 2.23. The van der Waals surface area contributed by atoms with Crippen molar-refractivity contribution in [1.82, 2.24) is 14.4 Å². The van der Waals surface area contributed by atoms with Crippen molar-refractivity contribution >= 4 is 28.4 Å². The molecule has 134 valence electrons. The van der Waals surface area contributed by atoms with Crippen LogP contribution in [0.25, 0.3) is 10.9 Å². The second-order valence-electron chi connectivity index (χ2n) is 7.72. The van der Waals surface area contributed by atoms with Gasteiger partial charge in [-0.1, -0.05) is 18.5 Å². The van der Waals surface area contributed by atoms with Gasteiger partial charge in [-0.05, 0) is 56.0 Å². The number of amides is 1. The topological polar surface area (TPSA) is 28.5 Å². The molecular formula is C20H26ClN3O. The van der Waals surface area contributed by atoms with Crippen LogP contribution in [0.5, 0.6) is 0 Å². The monoisotopic (exact) mass is 359 g/mol. The molecule has 3 heterocycles. The zero-order chi connectivity index (χ0) is 17.6. The Hall–Kier alpha value is -1.52. The van der Waals surface area contributed by atoms with Gasteiger partial charge in [-0.3, -0.25) is 4.79 Å². The molecule has 0 saturated carbocycles. The van der Waals surface area contributed by atoms with Crippen LogP contribution in [-0.2, 0) is 24.3 Å². The normalized spacial score (nSPS) is 19.4. The van der Waals surface area contributed by atoms with Crippen LogP contribution in [0.1, 0.15) is 31.0 Å². The van der Waals surface area contributed by atoms with Crippen molar-refractivity contribution in [3.8, 4) is 0 Å². The van der Waals surface area contributed by atoms with Crippen molar-refractivity contribution in [1.29, 1.82) is 0 Å². The molecule has 0 unspecified atom stereocenters. The predicted molar refractivity (Wildman–Crippen MR) is 102 cm³/mol. The molecule has 25 heavy (non-hydrogen) atoms. The first-order chi connectivity index (χ1) is 12.0. The Morgan fingerprint density at radius 3 is 2.76 bits per heavy atom. The van der Waals surface area contributed by atoms with E-state index in [9.17, 15) is 4.79 Å². The highest BCUT2D eigenvalue weighted by Crippen LogP contribution is 2.32. The fourth-order valence-corrected chi connectivity index (χ4v) is 4.39. The molecule has 1 aromatic carbocycles. The van der Waals surface area contributed by atoms with Gasteiger partial charge in [0.25, 0.3) is 0 Å². The highest BCUT2D eigenvalue weighted by Gasteiger charge is 2.26. The summed E-state index contributed by atoms with van der Waals surface area (Å²) in [6.45, 7) is 6.45. The van der Waals surface area contributed by atoms with Crippen LogP contribution in [0.4, 0.5) is 0 Å². The number of carbonyl (C=O) groups is 1. The molecule has 0 atom stereocenters. The quantitative estimate of drug-likeness (QED) is 0.820. The lowest BCUT2D eigenvalue weighted by molar-refractivity contribution is -0.133. The molecule has 0 bridgehead atoms. The summed E-state index contributed by atoms with van der Waals surface area (Å²) in [7, 11) is 2.14. The summed E-state index contributed by atoms with van der Waals surface area (Å²) >= 11 is 6.25. The number of fused-ring (bicyclic) bond motifs is 3. The van der Waals surface area contributed by atoms with E-state index in [0.29, 0.717) is 6.54 Å². The van der Waals surface area contributed by atoms with Crippen molar-refractivity contribution < 1.29 is 4.79 Å². The fraction of sp³-hybridized carbons (Fsp3) is 0.550. The summed E-state index contributed by atoms with van der Waals surface area (Å²) in [5.41, 5.74) is 3.80. The molecule has 1 saturated heterocycles. The number of nitrogens with zero attached hydrogens (tertiary/aromatic N) is 3. The highest BCUT2D eigenvalue weighted by molar-refractivity contribution is 6.31. The molecule has 0 radical (unpaired) electrons. The largest absolute Gasteiger partial charge is 0.341 e. The number of hydrogen-bond acceptors (Lipinski definition) is 2. The van der Waals surface area contributed by atoms with Gasteiger partial charge in [0.05, 0.1) is 0 Å². The van der Waals surface area contributed by atoms with Gasteiger partial charge in [0.1, 0.15) is 6.54 Å². The summed E-state index contributed by atoms with van der Waals surface area (Å²) in [5.74, 6) is 0.981. The zero-order valence-electron chi connectivity index (χ0n) is 15.1. The number of benzene rings is 1.